The summed E-state index contributed by atoms with van der Waals surface area (Å²) in [6, 6.07) is 10.1. The Labute approximate surface area is 174 Å². The number of nitrogens with zero attached hydrogens (tertiary/aromatic N) is 4. The fourth-order valence-electron chi connectivity index (χ4n) is 2.91. The molecule has 1 heterocycles. The summed E-state index contributed by atoms with van der Waals surface area (Å²) in [5, 5.41) is 22.1. The molecule has 3 aromatic rings. The summed E-state index contributed by atoms with van der Waals surface area (Å²) in [6.07, 6.45) is 0. The van der Waals surface area contributed by atoms with Crippen LogP contribution in [0.3, 0.4) is 0 Å². The van der Waals surface area contributed by atoms with E-state index in [1.807, 2.05) is 31.2 Å². The molecule has 0 aliphatic rings. The van der Waals surface area contributed by atoms with E-state index in [0.29, 0.717) is 10.6 Å². The number of non-ortho nitro benzene ring substituents is 2. The zero-order valence-corrected chi connectivity index (χ0v) is 17.0. The second-order valence-electron chi connectivity index (χ2n) is 6.25. The molecule has 0 saturated heterocycles. The number of carbonyl (C=O) groups excluding carboxylic acids is 1. The van der Waals surface area contributed by atoms with Crippen LogP contribution in [0.1, 0.15) is 15.2 Å². The normalized spacial score (nSPS) is 11.4. The molecule has 2 aromatic carbocycles. The molecule has 0 N–H and O–H groups in total. The predicted molar refractivity (Wildman–Crippen MR) is 110 cm³/mol. The van der Waals surface area contributed by atoms with Crippen LogP contribution in [0.5, 0.6) is 5.75 Å². The summed E-state index contributed by atoms with van der Waals surface area (Å²) >= 11 is 1.27. The van der Waals surface area contributed by atoms with Gasteiger partial charge in [-0.1, -0.05) is 0 Å². The Balaban J connectivity index is 2.06. The van der Waals surface area contributed by atoms with Gasteiger partial charge in [-0.25, -0.2) is 0 Å². The lowest BCUT2D eigenvalue weighted by molar-refractivity contribution is -0.394. The molecule has 0 saturated carbocycles. The van der Waals surface area contributed by atoms with Crippen LogP contribution in [0.15, 0.2) is 47.5 Å². The first kappa shape index (κ1) is 20.9. The first-order chi connectivity index (χ1) is 14.2. The van der Waals surface area contributed by atoms with Gasteiger partial charge in [-0.05, 0) is 36.8 Å². The van der Waals surface area contributed by atoms with E-state index >= 15 is 0 Å². The highest BCUT2D eigenvalue weighted by Crippen LogP contribution is 2.27. The van der Waals surface area contributed by atoms with Gasteiger partial charge in [-0.15, -0.1) is 11.3 Å². The Morgan fingerprint density at radius 3 is 2.13 bits per heavy atom. The number of methoxy groups -OCH3 is 1. The third-order valence-corrected chi connectivity index (χ3v) is 5.38. The highest BCUT2D eigenvalue weighted by Gasteiger charge is 2.20. The lowest BCUT2D eigenvalue weighted by Gasteiger charge is -2.06. The van der Waals surface area contributed by atoms with Crippen molar-refractivity contribution < 1.29 is 19.4 Å². The van der Waals surface area contributed by atoms with Crippen LogP contribution in [0, 0.1) is 27.2 Å². The van der Waals surface area contributed by atoms with E-state index < -0.39 is 27.1 Å². The maximum atomic E-state index is 12.6. The summed E-state index contributed by atoms with van der Waals surface area (Å²) in [7, 11) is 3.32. The maximum Gasteiger partial charge on any atom is 0.280 e. The molecular formula is C19H16N4O6S. The lowest BCUT2D eigenvalue weighted by atomic mass is 10.1. The number of amides is 1. The Morgan fingerprint density at radius 1 is 1.07 bits per heavy atom. The molecule has 1 aromatic heterocycles. The second-order valence-corrected chi connectivity index (χ2v) is 7.43. The number of ether oxygens (including phenoxy) is 1. The Kier molecular flexibility index (Phi) is 5.74. The first-order valence-corrected chi connectivity index (χ1v) is 9.36. The number of benzene rings is 2. The number of aromatic nitrogens is 1. The molecule has 10 nitrogen and oxygen atoms in total. The average molecular weight is 428 g/mol. The monoisotopic (exact) mass is 428 g/mol. The van der Waals surface area contributed by atoms with Crippen LogP contribution in [-0.2, 0) is 7.05 Å². The third-order valence-electron chi connectivity index (χ3n) is 4.33. The topological polar surface area (TPSA) is 130 Å². The summed E-state index contributed by atoms with van der Waals surface area (Å²) in [5.41, 5.74) is 0.418. The van der Waals surface area contributed by atoms with Crippen LogP contribution in [0.2, 0.25) is 0 Å². The fraction of sp³-hybridized carbons (Fsp3) is 0.158. The molecule has 1 amide bonds. The van der Waals surface area contributed by atoms with E-state index in [9.17, 15) is 25.0 Å². The summed E-state index contributed by atoms with van der Waals surface area (Å²) < 4.78 is 6.89. The smallest absolute Gasteiger partial charge is 0.280 e. The first-order valence-electron chi connectivity index (χ1n) is 8.55. The molecule has 0 bridgehead atoms. The highest BCUT2D eigenvalue weighted by molar-refractivity contribution is 7.09. The molecule has 30 heavy (non-hydrogen) atoms. The minimum absolute atomic E-state index is 0.229. The Hall–Kier alpha value is -3.86. The van der Waals surface area contributed by atoms with Gasteiger partial charge in [0.2, 0.25) is 0 Å². The van der Waals surface area contributed by atoms with Crippen LogP contribution in [-0.4, -0.2) is 27.4 Å². The quantitative estimate of drug-likeness (QED) is 0.451. The molecule has 11 heteroatoms. The van der Waals surface area contributed by atoms with Crippen LogP contribution >= 0.6 is 11.3 Å². The highest BCUT2D eigenvalue weighted by atomic mass is 32.1. The van der Waals surface area contributed by atoms with Gasteiger partial charge < -0.3 is 9.30 Å². The van der Waals surface area contributed by atoms with Gasteiger partial charge in [-0.2, -0.15) is 4.99 Å². The van der Waals surface area contributed by atoms with Gasteiger partial charge in [0.15, 0.2) is 4.80 Å². The van der Waals surface area contributed by atoms with Crippen molar-refractivity contribution in [3.05, 3.63) is 77.9 Å². The molecule has 0 spiro atoms. The summed E-state index contributed by atoms with van der Waals surface area (Å²) in [4.78, 5) is 38.4. The van der Waals surface area contributed by atoms with Crippen molar-refractivity contribution in [2.75, 3.05) is 7.11 Å². The minimum Gasteiger partial charge on any atom is -0.497 e. The summed E-state index contributed by atoms with van der Waals surface area (Å²) in [6.45, 7) is 1.88. The van der Waals surface area contributed by atoms with E-state index in [0.717, 1.165) is 34.3 Å². The number of carbonyl (C=O) groups is 1. The molecule has 0 fully saturated rings. The molecule has 0 atom stereocenters. The number of rotatable bonds is 5. The van der Waals surface area contributed by atoms with E-state index in [1.165, 1.54) is 11.3 Å². The molecule has 0 aliphatic heterocycles. The van der Waals surface area contributed by atoms with Gasteiger partial charge >= 0.3 is 0 Å². The SMILES string of the molecule is COc1ccc(-c2c(C)sc(=NC(=O)c3cc([N+](=O)[O-])cc([N+](=O)[O-])c3)n2C)cc1. The molecule has 0 aliphatic carbocycles. The van der Waals surface area contributed by atoms with Crippen molar-refractivity contribution in [1.29, 1.82) is 0 Å². The Morgan fingerprint density at radius 2 is 1.63 bits per heavy atom. The van der Waals surface area contributed by atoms with E-state index in [2.05, 4.69) is 4.99 Å². The molecule has 0 unspecified atom stereocenters. The minimum atomic E-state index is -0.806. The molecular weight excluding hydrogens is 412 g/mol. The van der Waals surface area contributed by atoms with Crippen molar-refractivity contribution in [1.82, 2.24) is 4.57 Å². The number of hydrogen-bond acceptors (Lipinski definition) is 7. The zero-order valence-electron chi connectivity index (χ0n) is 16.2. The van der Waals surface area contributed by atoms with Gasteiger partial charge in [-0.3, -0.25) is 25.0 Å². The van der Waals surface area contributed by atoms with Crippen molar-refractivity contribution in [3.8, 4) is 17.0 Å². The van der Waals surface area contributed by atoms with E-state index in [-0.39, 0.29) is 5.56 Å². The largest absolute Gasteiger partial charge is 0.497 e. The van der Waals surface area contributed by atoms with Crippen LogP contribution in [0.4, 0.5) is 11.4 Å². The number of hydrogen-bond donors (Lipinski definition) is 0. The van der Waals surface area contributed by atoms with Gasteiger partial charge in [0.1, 0.15) is 5.75 Å². The maximum absolute atomic E-state index is 12.6. The van der Waals surface area contributed by atoms with Crippen LogP contribution in [0.25, 0.3) is 11.3 Å². The molecule has 0 radical (unpaired) electrons. The standard InChI is InChI=1S/C19H16N4O6S/c1-11-17(12-4-6-16(29-3)7-5-12)21(2)19(30-11)20-18(24)13-8-14(22(25)26)10-15(9-13)23(27)28/h4-10H,1-3H3. The van der Waals surface area contributed by atoms with Crippen molar-refractivity contribution in [3.63, 3.8) is 0 Å². The van der Waals surface area contributed by atoms with Gasteiger partial charge in [0.05, 0.1) is 34.3 Å². The van der Waals surface area contributed by atoms with E-state index in [4.69, 9.17) is 4.74 Å². The lowest BCUT2D eigenvalue weighted by Crippen LogP contribution is -2.14. The Bertz CT molecular complexity index is 1190. The van der Waals surface area contributed by atoms with E-state index in [1.54, 1.807) is 18.7 Å². The third kappa shape index (κ3) is 4.10. The number of aryl methyl sites for hydroxylation is 1. The summed E-state index contributed by atoms with van der Waals surface area (Å²) in [5.74, 6) is -0.0958. The zero-order chi connectivity index (χ0) is 22.0. The van der Waals surface area contributed by atoms with Crippen molar-refractivity contribution in [2.45, 2.75) is 6.92 Å². The van der Waals surface area contributed by atoms with Crippen LogP contribution < -0.4 is 9.54 Å². The molecule has 3 rings (SSSR count). The fourth-order valence-corrected chi connectivity index (χ4v) is 3.89. The number of nitro groups is 2. The van der Waals surface area contributed by atoms with Gasteiger partial charge in [0.25, 0.3) is 17.3 Å². The van der Waals surface area contributed by atoms with Crippen molar-refractivity contribution in [2.24, 2.45) is 12.0 Å². The molecule has 154 valence electrons. The second kappa shape index (κ2) is 8.25. The predicted octanol–water partition coefficient (Wildman–Crippen LogP) is 3.63. The number of thiazole rings is 1. The van der Waals surface area contributed by atoms with Gasteiger partial charge in [0, 0.05) is 24.1 Å². The average Bonchev–Trinajstić information content (AvgIpc) is 3.00. The van der Waals surface area contributed by atoms with Crippen molar-refractivity contribution >= 4 is 28.6 Å². The number of nitro benzene ring substituents is 2.